The summed E-state index contributed by atoms with van der Waals surface area (Å²) in [5.74, 6) is -1.76. The molecule has 0 unspecified atom stereocenters. The van der Waals surface area contributed by atoms with E-state index in [4.69, 9.17) is 5.11 Å². The molecule has 1 saturated carbocycles. The molecule has 0 spiro atoms. The molecule has 1 aliphatic carbocycles. The van der Waals surface area contributed by atoms with Crippen LogP contribution in [0, 0.1) is 11.8 Å². The molecule has 4 heteroatoms. The third kappa shape index (κ3) is 3.22. The van der Waals surface area contributed by atoms with Gasteiger partial charge in [-0.2, -0.15) is 0 Å². The highest BCUT2D eigenvalue weighted by Crippen LogP contribution is 2.30. The summed E-state index contributed by atoms with van der Waals surface area (Å²) in [6.07, 6.45) is 3.21. The fourth-order valence-corrected chi connectivity index (χ4v) is 2.13. The predicted molar refractivity (Wildman–Crippen MR) is 56.4 cm³/mol. The summed E-state index contributed by atoms with van der Waals surface area (Å²) in [5.41, 5.74) is 0. The standard InChI is InChI=1S/C11H19NO3/c1-7(2)12-10(13)8-5-3-4-6-9(8)11(14)15/h7-9H,3-6H2,1-2H3,(H,12,13)(H,14,15)/t8-,9-/m1/s1. The summed E-state index contributed by atoms with van der Waals surface area (Å²) >= 11 is 0. The Kier molecular flexibility index (Phi) is 4.12. The van der Waals surface area contributed by atoms with Gasteiger partial charge < -0.3 is 10.4 Å². The van der Waals surface area contributed by atoms with Gasteiger partial charge in [0.05, 0.1) is 11.8 Å². The number of amides is 1. The van der Waals surface area contributed by atoms with Crippen molar-refractivity contribution in [3.8, 4) is 0 Å². The molecule has 0 heterocycles. The summed E-state index contributed by atoms with van der Waals surface area (Å²) in [5, 5.41) is 11.8. The van der Waals surface area contributed by atoms with Crippen LogP contribution in [0.2, 0.25) is 0 Å². The lowest BCUT2D eigenvalue weighted by Gasteiger charge is -2.28. The summed E-state index contributed by atoms with van der Waals surface area (Å²) < 4.78 is 0. The highest BCUT2D eigenvalue weighted by Gasteiger charge is 2.35. The van der Waals surface area contributed by atoms with Gasteiger partial charge in [-0.1, -0.05) is 12.8 Å². The van der Waals surface area contributed by atoms with Crippen LogP contribution >= 0.6 is 0 Å². The fourth-order valence-electron chi connectivity index (χ4n) is 2.13. The van der Waals surface area contributed by atoms with Crippen molar-refractivity contribution in [2.24, 2.45) is 11.8 Å². The first-order chi connectivity index (χ1) is 7.02. The lowest BCUT2D eigenvalue weighted by molar-refractivity contribution is -0.149. The molecule has 2 N–H and O–H groups in total. The number of carboxylic acids is 1. The Morgan fingerprint density at radius 1 is 1.20 bits per heavy atom. The van der Waals surface area contributed by atoms with Crippen LogP contribution in [-0.4, -0.2) is 23.0 Å². The number of hydrogen-bond acceptors (Lipinski definition) is 2. The molecule has 0 saturated heterocycles. The fraction of sp³-hybridized carbons (Fsp3) is 0.818. The van der Waals surface area contributed by atoms with Gasteiger partial charge in [0.25, 0.3) is 0 Å². The van der Waals surface area contributed by atoms with Crippen molar-refractivity contribution in [1.82, 2.24) is 5.32 Å². The van der Waals surface area contributed by atoms with Gasteiger partial charge >= 0.3 is 5.97 Å². The molecule has 2 atom stereocenters. The highest BCUT2D eigenvalue weighted by molar-refractivity contribution is 5.85. The van der Waals surface area contributed by atoms with E-state index in [1.54, 1.807) is 0 Å². The SMILES string of the molecule is CC(C)NC(=O)[C@@H]1CCCC[C@H]1C(=O)O. The minimum absolute atomic E-state index is 0.0777. The molecule has 15 heavy (non-hydrogen) atoms. The average molecular weight is 213 g/mol. The molecular formula is C11H19NO3. The zero-order valence-electron chi connectivity index (χ0n) is 9.32. The van der Waals surface area contributed by atoms with Crippen LogP contribution in [-0.2, 0) is 9.59 Å². The first kappa shape index (κ1) is 12.0. The summed E-state index contributed by atoms with van der Waals surface area (Å²) in [4.78, 5) is 22.7. The summed E-state index contributed by atoms with van der Waals surface area (Å²) in [6, 6.07) is 0.0777. The highest BCUT2D eigenvalue weighted by atomic mass is 16.4. The van der Waals surface area contributed by atoms with E-state index in [1.807, 2.05) is 13.8 Å². The third-order valence-corrected chi connectivity index (χ3v) is 2.85. The number of carbonyl (C=O) groups excluding carboxylic acids is 1. The zero-order valence-corrected chi connectivity index (χ0v) is 9.32. The van der Waals surface area contributed by atoms with Crippen LogP contribution in [0.25, 0.3) is 0 Å². The van der Waals surface area contributed by atoms with Gasteiger partial charge in [-0.25, -0.2) is 0 Å². The normalized spacial score (nSPS) is 26.3. The number of aliphatic carboxylic acids is 1. The van der Waals surface area contributed by atoms with E-state index in [1.165, 1.54) is 0 Å². The molecule has 1 amide bonds. The summed E-state index contributed by atoms with van der Waals surface area (Å²) in [6.45, 7) is 3.77. The quantitative estimate of drug-likeness (QED) is 0.744. The molecule has 86 valence electrons. The minimum Gasteiger partial charge on any atom is -0.481 e. The molecule has 0 bridgehead atoms. The van der Waals surface area contributed by atoms with Crippen LogP contribution in [0.5, 0.6) is 0 Å². The Bertz CT molecular complexity index is 250. The number of rotatable bonds is 3. The Morgan fingerprint density at radius 2 is 1.73 bits per heavy atom. The van der Waals surface area contributed by atoms with Crippen molar-refractivity contribution < 1.29 is 14.7 Å². The van der Waals surface area contributed by atoms with Gasteiger partial charge in [0, 0.05) is 6.04 Å². The second kappa shape index (κ2) is 5.14. The van der Waals surface area contributed by atoms with Crippen molar-refractivity contribution in [2.45, 2.75) is 45.6 Å². The maximum Gasteiger partial charge on any atom is 0.307 e. The number of nitrogens with one attached hydrogen (secondary N) is 1. The van der Waals surface area contributed by atoms with Gasteiger partial charge in [0.2, 0.25) is 5.91 Å². The molecular weight excluding hydrogens is 194 g/mol. The number of hydrogen-bond donors (Lipinski definition) is 2. The van der Waals surface area contributed by atoms with Crippen molar-refractivity contribution in [3.05, 3.63) is 0 Å². The van der Waals surface area contributed by atoms with E-state index in [9.17, 15) is 9.59 Å². The van der Waals surface area contributed by atoms with Gasteiger partial charge in [0.1, 0.15) is 0 Å². The first-order valence-corrected chi connectivity index (χ1v) is 5.55. The monoisotopic (exact) mass is 213 g/mol. The lowest BCUT2D eigenvalue weighted by Crippen LogP contribution is -2.42. The largest absolute Gasteiger partial charge is 0.481 e. The molecule has 0 aliphatic heterocycles. The van der Waals surface area contributed by atoms with Gasteiger partial charge in [-0.05, 0) is 26.7 Å². The summed E-state index contributed by atoms with van der Waals surface area (Å²) in [7, 11) is 0. The van der Waals surface area contributed by atoms with E-state index in [0.717, 1.165) is 12.8 Å². The van der Waals surface area contributed by atoms with E-state index in [-0.39, 0.29) is 17.9 Å². The molecule has 1 aliphatic rings. The lowest BCUT2D eigenvalue weighted by atomic mass is 9.78. The minimum atomic E-state index is -0.835. The van der Waals surface area contributed by atoms with Crippen molar-refractivity contribution in [2.75, 3.05) is 0 Å². The van der Waals surface area contributed by atoms with Crippen molar-refractivity contribution >= 4 is 11.9 Å². The van der Waals surface area contributed by atoms with Crippen molar-refractivity contribution in [3.63, 3.8) is 0 Å². The third-order valence-electron chi connectivity index (χ3n) is 2.85. The van der Waals surface area contributed by atoms with Gasteiger partial charge in [-0.3, -0.25) is 9.59 Å². The molecule has 0 radical (unpaired) electrons. The van der Waals surface area contributed by atoms with Crippen LogP contribution in [0.15, 0.2) is 0 Å². The van der Waals surface area contributed by atoms with E-state index >= 15 is 0 Å². The molecule has 0 aromatic rings. The predicted octanol–water partition coefficient (Wildman–Crippen LogP) is 1.40. The van der Waals surface area contributed by atoms with E-state index in [0.29, 0.717) is 12.8 Å². The average Bonchev–Trinajstić information content (AvgIpc) is 2.16. The Labute approximate surface area is 90.0 Å². The van der Waals surface area contributed by atoms with Crippen LogP contribution in [0.3, 0.4) is 0 Å². The van der Waals surface area contributed by atoms with Crippen LogP contribution in [0.1, 0.15) is 39.5 Å². The van der Waals surface area contributed by atoms with Gasteiger partial charge in [-0.15, -0.1) is 0 Å². The second-order valence-corrected chi connectivity index (χ2v) is 4.50. The Hall–Kier alpha value is -1.06. The first-order valence-electron chi connectivity index (χ1n) is 5.55. The second-order valence-electron chi connectivity index (χ2n) is 4.50. The molecule has 0 aromatic carbocycles. The van der Waals surface area contributed by atoms with Crippen molar-refractivity contribution in [1.29, 1.82) is 0 Å². The molecule has 1 rings (SSSR count). The van der Waals surface area contributed by atoms with Crippen LogP contribution in [0.4, 0.5) is 0 Å². The van der Waals surface area contributed by atoms with E-state index < -0.39 is 11.9 Å². The van der Waals surface area contributed by atoms with E-state index in [2.05, 4.69) is 5.32 Å². The van der Waals surface area contributed by atoms with Crippen LogP contribution < -0.4 is 5.32 Å². The Morgan fingerprint density at radius 3 is 2.20 bits per heavy atom. The molecule has 0 aromatic heterocycles. The maximum absolute atomic E-state index is 11.7. The molecule has 1 fully saturated rings. The smallest absolute Gasteiger partial charge is 0.307 e. The number of carboxylic acid groups (broad SMARTS) is 1. The van der Waals surface area contributed by atoms with Gasteiger partial charge in [0.15, 0.2) is 0 Å². The topological polar surface area (TPSA) is 66.4 Å². The Balaban J connectivity index is 2.63. The molecule has 4 nitrogen and oxygen atoms in total. The number of carbonyl (C=O) groups is 2. The zero-order chi connectivity index (χ0) is 11.4. The maximum atomic E-state index is 11.7.